The molecule has 1 heterocycles. The predicted octanol–water partition coefficient (Wildman–Crippen LogP) is -0.711. The molecule has 0 unspecified atom stereocenters. The molecule has 2 atom stereocenters. The third-order valence-electron chi connectivity index (χ3n) is 1.11. The maximum absolute atomic E-state index is 12.0. The number of aliphatic hydroxyl groups excluding tert-OH is 1. The first kappa shape index (κ1) is 5.00. The summed E-state index contributed by atoms with van der Waals surface area (Å²) in [4.78, 5) is 0. The molecular formula is C4H8FNO. The molecule has 0 radical (unpaired) electrons. The smallest absolute Gasteiger partial charge is 0.139 e. The fourth-order valence-electron chi connectivity index (χ4n) is 0.633. The number of hydrogen-bond acceptors (Lipinski definition) is 2. The second-order valence-electron chi connectivity index (χ2n) is 1.74. The minimum atomic E-state index is -1.04. The molecule has 42 valence electrons. The number of β-amino-alcohol motifs (C(OH)–C–C–N with tert-alkyl or cyclic N) is 1. The molecule has 3 heteroatoms. The minimum absolute atomic E-state index is 0.307. The van der Waals surface area contributed by atoms with Crippen LogP contribution in [0, 0.1) is 0 Å². The highest BCUT2D eigenvalue weighted by molar-refractivity contribution is 4.79. The Balaban J connectivity index is 2.33. The Morgan fingerprint density at radius 2 is 2.29 bits per heavy atom. The lowest BCUT2D eigenvalue weighted by atomic mass is 10.3. The molecule has 0 aromatic carbocycles. The number of rotatable bonds is 0. The lowest BCUT2D eigenvalue weighted by molar-refractivity contribution is 0.118. The van der Waals surface area contributed by atoms with Crippen molar-refractivity contribution in [1.29, 1.82) is 0 Å². The first-order valence-electron chi connectivity index (χ1n) is 2.33. The van der Waals surface area contributed by atoms with Gasteiger partial charge in [0.15, 0.2) is 0 Å². The Labute approximate surface area is 41.3 Å². The first-order chi connectivity index (χ1) is 3.30. The molecule has 2 N–H and O–H groups in total. The molecule has 0 amide bonds. The van der Waals surface area contributed by atoms with Gasteiger partial charge in [-0.15, -0.1) is 0 Å². The molecule has 1 rings (SSSR count). The van der Waals surface area contributed by atoms with Crippen LogP contribution in [0.2, 0.25) is 0 Å². The van der Waals surface area contributed by atoms with Crippen molar-refractivity contribution in [3.05, 3.63) is 0 Å². The van der Waals surface area contributed by atoms with E-state index in [0.717, 1.165) is 0 Å². The van der Waals surface area contributed by atoms with E-state index in [4.69, 9.17) is 5.11 Å². The summed E-state index contributed by atoms with van der Waals surface area (Å²) in [5, 5.41) is 11.3. The van der Waals surface area contributed by atoms with E-state index in [2.05, 4.69) is 5.32 Å². The van der Waals surface area contributed by atoms with Crippen LogP contribution in [0.5, 0.6) is 0 Å². The fourth-order valence-corrected chi connectivity index (χ4v) is 0.633. The van der Waals surface area contributed by atoms with Gasteiger partial charge in [-0.1, -0.05) is 0 Å². The number of aliphatic hydroxyl groups is 1. The van der Waals surface area contributed by atoms with Crippen molar-refractivity contribution in [1.82, 2.24) is 5.32 Å². The standard InChI is InChI=1S/C4H8FNO/c5-3-1-6-2-4(3)7/h3-4,6-7H,1-2H2/t3-,4+/m0/s1. The Morgan fingerprint density at radius 1 is 1.57 bits per heavy atom. The van der Waals surface area contributed by atoms with E-state index in [1.54, 1.807) is 0 Å². The van der Waals surface area contributed by atoms with Crippen LogP contribution in [0.1, 0.15) is 0 Å². The first-order valence-corrected chi connectivity index (χ1v) is 2.33. The van der Waals surface area contributed by atoms with Crippen LogP contribution < -0.4 is 5.32 Å². The van der Waals surface area contributed by atoms with Crippen LogP contribution in [0.25, 0.3) is 0 Å². The molecule has 2 nitrogen and oxygen atoms in total. The lowest BCUT2D eigenvalue weighted by Gasteiger charge is -1.98. The van der Waals surface area contributed by atoms with Gasteiger partial charge in [0.2, 0.25) is 0 Å². The Morgan fingerprint density at radius 3 is 2.43 bits per heavy atom. The zero-order valence-corrected chi connectivity index (χ0v) is 3.89. The van der Waals surface area contributed by atoms with E-state index >= 15 is 0 Å². The average Bonchev–Trinajstić information content (AvgIpc) is 1.91. The number of hydrogen-bond donors (Lipinski definition) is 2. The Kier molecular flexibility index (Phi) is 1.25. The van der Waals surface area contributed by atoms with Crippen molar-refractivity contribution in [3.8, 4) is 0 Å². The quantitative estimate of drug-likeness (QED) is 0.426. The number of nitrogens with one attached hydrogen (secondary N) is 1. The SMILES string of the molecule is O[C@@H]1CNC[C@@H]1F. The van der Waals surface area contributed by atoms with Gasteiger partial charge in [-0.2, -0.15) is 0 Å². The third kappa shape index (κ3) is 0.894. The summed E-state index contributed by atoms with van der Waals surface area (Å²) >= 11 is 0. The van der Waals surface area contributed by atoms with Crippen LogP contribution >= 0.6 is 0 Å². The van der Waals surface area contributed by atoms with Crippen molar-refractivity contribution < 1.29 is 9.50 Å². The van der Waals surface area contributed by atoms with Crippen LogP contribution in [0.4, 0.5) is 4.39 Å². The molecule has 7 heavy (non-hydrogen) atoms. The van der Waals surface area contributed by atoms with Crippen molar-refractivity contribution in [3.63, 3.8) is 0 Å². The minimum Gasteiger partial charge on any atom is -0.389 e. The molecule has 1 aliphatic heterocycles. The van der Waals surface area contributed by atoms with Gasteiger partial charge in [0.1, 0.15) is 6.17 Å². The van der Waals surface area contributed by atoms with Crippen LogP contribution in [0.3, 0.4) is 0 Å². The largest absolute Gasteiger partial charge is 0.389 e. The summed E-state index contributed by atoms with van der Waals surface area (Å²) < 4.78 is 12.0. The predicted molar refractivity (Wildman–Crippen MR) is 23.8 cm³/mol. The van der Waals surface area contributed by atoms with Crippen LogP contribution in [-0.2, 0) is 0 Å². The van der Waals surface area contributed by atoms with Gasteiger partial charge in [0.25, 0.3) is 0 Å². The Bertz CT molecular complexity index is 60.7. The van der Waals surface area contributed by atoms with E-state index in [0.29, 0.717) is 13.1 Å². The van der Waals surface area contributed by atoms with Gasteiger partial charge in [0, 0.05) is 13.1 Å². The van der Waals surface area contributed by atoms with Gasteiger partial charge in [-0.3, -0.25) is 0 Å². The van der Waals surface area contributed by atoms with E-state index in [1.165, 1.54) is 0 Å². The highest BCUT2D eigenvalue weighted by Crippen LogP contribution is 2.01. The summed E-state index contributed by atoms with van der Waals surface area (Å²) in [6, 6.07) is 0. The van der Waals surface area contributed by atoms with Gasteiger partial charge in [-0.05, 0) is 0 Å². The second-order valence-corrected chi connectivity index (χ2v) is 1.74. The molecule has 1 aliphatic rings. The van der Waals surface area contributed by atoms with E-state index in [1.807, 2.05) is 0 Å². The maximum Gasteiger partial charge on any atom is 0.139 e. The lowest BCUT2D eigenvalue weighted by Crippen LogP contribution is -2.17. The topological polar surface area (TPSA) is 32.3 Å². The molecule has 1 saturated heterocycles. The van der Waals surface area contributed by atoms with Crippen molar-refractivity contribution in [2.45, 2.75) is 12.3 Å². The monoisotopic (exact) mass is 105 g/mol. The van der Waals surface area contributed by atoms with Gasteiger partial charge >= 0.3 is 0 Å². The van der Waals surface area contributed by atoms with Gasteiger partial charge in [0.05, 0.1) is 6.10 Å². The summed E-state index contributed by atoms with van der Waals surface area (Å²) in [5.41, 5.74) is 0. The molecule has 0 aromatic heterocycles. The van der Waals surface area contributed by atoms with Crippen molar-refractivity contribution in [2.24, 2.45) is 0 Å². The van der Waals surface area contributed by atoms with Gasteiger partial charge in [-0.25, -0.2) is 4.39 Å². The maximum atomic E-state index is 12.0. The third-order valence-corrected chi connectivity index (χ3v) is 1.11. The molecular weight excluding hydrogens is 97.0 g/mol. The molecule has 0 saturated carbocycles. The highest BCUT2D eigenvalue weighted by atomic mass is 19.1. The number of halogens is 1. The normalized spacial score (nSPS) is 42.0. The zero-order chi connectivity index (χ0) is 5.28. The highest BCUT2D eigenvalue weighted by Gasteiger charge is 2.23. The van der Waals surface area contributed by atoms with E-state index < -0.39 is 12.3 Å². The summed E-state index contributed by atoms with van der Waals surface area (Å²) in [6.45, 7) is 0.711. The average molecular weight is 105 g/mol. The van der Waals surface area contributed by atoms with E-state index in [-0.39, 0.29) is 0 Å². The molecule has 0 aliphatic carbocycles. The molecule has 1 fully saturated rings. The van der Waals surface area contributed by atoms with E-state index in [9.17, 15) is 4.39 Å². The van der Waals surface area contributed by atoms with Crippen molar-refractivity contribution >= 4 is 0 Å². The zero-order valence-electron chi connectivity index (χ0n) is 3.89. The summed E-state index contributed by atoms with van der Waals surface area (Å²) in [7, 11) is 0. The molecule has 0 bridgehead atoms. The summed E-state index contributed by atoms with van der Waals surface area (Å²) in [6.07, 6.45) is -1.81. The molecule has 0 aromatic rings. The molecule has 0 spiro atoms. The Hall–Kier alpha value is -0.150. The van der Waals surface area contributed by atoms with Crippen molar-refractivity contribution in [2.75, 3.05) is 13.1 Å². The van der Waals surface area contributed by atoms with Crippen LogP contribution in [-0.4, -0.2) is 30.5 Å². The number of alkyl halides is 1. The summed E-state index contributed by atoms with van der Waals surface area (Å²) in [5.74, 6) is 0. The fraction of sp³-hybridized carbons (Fsp3) is 1.00. The van der Waals surface area contributed by atoms with Gasteiger partial charge < -0.3 is 10.4 Å². The van der Waals surface area contributed by atoms with Crippen LogP contribution in [0.15, 0.2) is 0 Å². The second kappa shape index (κ2) is 1.76.